The maximum atomic E-state index is 15.2. The van der Waals surface area contributed by atoms with Crippen molar-refractivity contribution in [2.45, 2.75) is 37.8 Å². The number of aliphatic imine (C=N–C) groups is 2. The van der Waals surface area contributed by atoms with Crippen LogP contribution in [0.15, 0.2) is 52.4 Å². The summed E-state index contributed by atoms with van der Waals surface area (Å²) in [6.07, 6.45) is -1.01. The topological polar surface area (TPSA) is 159 Å². The second kappa shape index (κ2) is 13.3. The fourth-order valence-electron chi connectivity index (χ4n) is 6.10. The number of anilines is 2. The Kier molecular flexibility index (Phi) is 8.68. The highest BCUT2D eigenvalue weighted by Crippen LogP contribution is 2.30. The molecule has 3 saturated heterocycles. The zero-order valence-electron chi connectivity index (χ0n) is 26.0. The lowest BCUT2D eigenvalue weighted by atomic mass is 10.0. The van der Waals surface area contributed by atoms with Crippen molar-refractivity contribution in [3.8, 4) is 11.8 Å². The van der Waals surface area contributed by atoms with Gasteiger partial charge in [0.15, 0.2) is 12.3 Å². The number of nitrogens with one attached hydrogen (secondary N) is 3. The van der Waals surface area contributed by atoms with Gasteiger partial charge >= 0.3 is 0 Å². The van der Waals surface area contributed by atoms with Crippen molar-refractivity contribution in [3.63, 3.8) is 0 Å². The molecule has 47 heavy (non-hydrogen) atoms. The molecule has 15 heteroatoms. The lowest BCUT2D eigenvalue weighted by Crippen LogP contribution is -2.56. The number of aromatic amines is 1. The van der Waals surface area contributed by atoms with Crippen molar-refractivity contribution in [2.75, 3.05) is 62.7 Å². The van der Waals surface area contributed by atoms with Crippen molar-refractivity contribution in [2.24, 2.45) is 9.98 Å². The number of halogens is 1. The van der Waals surface area contributed by atoms with E-state index in [4.69, 9.17) is 14.5 Å². The summed E-state index contributed by atoms with van der Waals surface area (Å²) < 4.78 is 26.5. The van der Waals surface area contributed by atoms with Gasteiger partial charge < -0.3 is 29.9 Å². The number of guanidine groups is 1. The number of hydrogen-bond donors (Lipinski definition) is 3. The number of likely N-dealkylation sites (tertiary alicyclic amines) is 1. The third-order valence-electron chi connectivity index (χ3n) is 8.87. The summed E-state index contributed by atoms with van der Waals surface area (Å²) in [6, 6.07) is 16.1. The maximum Gasteiger partial charge on any atom is 0.293 e. The van der Waals surface area contributed by atoms with Crippen LogP contribution in [0.25, 0.3) is 0 Å². The highest BCUT2D eigenvalue weighted by atomic mass is 19.1. The van der Waals surface area contributed by atoms with E-state index in [0.29, 0.717) is 23.4 Å². The van der Waals surface area contributed by atoms with E-state index in [2.05, 4.69) is 58.8 Å². The van der Waals surface area contributed by atoms with Crippen molar-refractivity contribution in [1.82, 2.24) is 30.3 Å². The molecule has 1 aromatic heterocycles. The molecule has 3 N–H and O–H groups in total. The summed E-state index contributed by atoms with van der Waals surface area (Å²) >= 11 is 0. The van der Waals surface area contributed by atoms with Gasteiger partial charge in [-0.2, -0.15) is 5.26 Å². The number of carbonyl (C=O) groups excluding carboxylic acids is 1. The largest absolute Gasteiger partial charge is 0.486 e. The molecule has 0 radical (unpaired) electrons. The number of hydrogen-bond acceptors (Lipinski definition) is 12. The first-order valence-electron chi connectivity index (χ1n) is 15.8. The van der Waals surface area contributed by atoms with Crippen molar-refractivity contribution in [3.05, 3.63) is 65.2 Å². The van der Waals surface area contributed by atoms with Gasteiger partial charge in [-0.15, -0.1) is 5.10 Å². The van der Waals surface area contributed by atoms with Crippen molar-refractivity contribution >= 4 is 29.6 Å². The minimum atomic E-state index is -1.45. The van der Waals surface area contributed by atoms with E-state index < -0.39 is 24.3 Å². The van der Waals surface area contributed by atoms with Crippen LogP contribution in [0.2, 0.25) is 0 Å². The molecule has 244 valence electrons. The standard InChI is InChI=1S/C32H36FN11O3/c1-20-37-30(41-40-20)31(45)44-9-8-28(26(33)16-44)47-27-7-2-21(14-22(27)15-34)29-35-19-36-32(39-29)38-23-3-5-24(6-4-23)42-10-12-43(13-11-42)25-17-46-18-25/h2-7,14,19,25-26,28-29H,8-13,16-18H2,1H3,(H,37,40,41)(H2,35,36,38,39)/t26-,28+,29?/m1/s1. The third-order valence-corrected chi connectivity index (χ3v) is 8.87. The molecule has 1 amide bonds. The predicted molar refractivity (Wildman–Crippen MR) is 172 cm³/mol. The van der Waals surface area contributed by atoms with Gasteiger partial charge in [-0.25, -0.2) is 19.4 Å². The van der Waals surface area contributed by atoms with E-state index in [1.807, 2.05) is 12.1 Å². The predicted octanol–water partition coefficient (Wildman–Crippen LogP) is 2.24. The van der Waals surface area contributed by atoms with E-state index in [1.165, 1.54) is 10.6 Å². The molecule has 0 bridgehead atoms. The molecule has 0 spiro atoms. The summed E-state index contributed by atoms with van der Waals surface area (Å²) in [7, 11) is 0. The van der Waals surface area contributed by atoms with Crippen LogP contribution in [-0.4, -0.2) is 114 Å². The first-order chi connectivity index (χ1) is 22.9. The number of ether oxygens (including phenoxy) is 2. The van der Waals surface area contributed by atoms with Crippen LogP contribution in [0.3, 0.4) is 0 Å². The number of rotatable bonds is 7. The van der Waals surface area contributed by atoms with Crippen molar-refractivity contribution in [1.29, 1.82) is 5.26 Å². The lowest BCUT2D eigenvalue weighted by Gasteiger charge is -2.43. The van der Waals surface area contributed by atoms with Crippen LogP contribution < -0.4 is 20.3 Å². The SMILES string of the molecule is Cc1nc(C(=O)N2CC[C@H](Oc3ccc(C4N=CNC(Nc5ccc(N6CCN(C7COC7)CC6)cc5)=N4)cc3C#N)[C@H](F)C2)n[nH]1. The summed E-state index contributed by atoms with van der Waals surface area (Å²) in [5.74, 6) is 0.878. The van der Waals surface area contributed by atoms with E-state index in [-0.39, 0.29) is 36.6 Å². The number of nitriles is 1. The fraction of sp³-hybridized carbons (Fsp3) is 0.438. The number of aromatic nitrogens is 3. The number of benzene rings is 2. The molecule has 4 aliphatic rings. The highest BCUT2D eigenvalue weighted by molar-refractivity contribution is 6.01. The Labute approximate surface area is 271 Å². The Hall–Kier alpha value is -5.07. The van der Waals surface area contributed by atoms with E-state index in [1.54, 1.807) is 31.5 Å². The average Bonchev–Trinajstić information content (AvgIpc) is 3.51. The number of piperazine rings is 1. The summed E-state index contributed by atoms with van der Waals surface area (Å²) in [4.78, 5) is 32.1. The van der Waals surface area contributed by atoms with Gasteiger partial charge in [0.25, 0.3) is 5.91 Å². The number of H-pyrrole nitrogens is 1. The van der Waals surface area contributed by atoms with Crippen LogP contribution in [0, 0.1) is 18.3 Å². The number of amides is 1. The van der Waals surface area contributed by atoms with Gasteiger partial charge in [-0.1, -0.05) is 6.07 Å². The van der Waals surface area contributed by atoms with Gasteiger partial charge in [0.1, 0.15) is 23.7 Å². The maximum absolute atomic E-state index is 15.2. The van der Waals surface area contributed by atoms with Crippen LogP contribution in [0.4, 0.5) is 15.8 Å². The lowest BCUT2D eigenvalue weighted by molar-refractivity contribution is -0.0660. The molecule has 7 rings (SSSR count). The molecule has 0 saturated carbocycles. The molecule has 4 aliphatic heterocycles. The van der Waals surface area contributed by atoms with Gasteiger partial charge in [-0.05, 0) is 48.9 Å². The molecule has 2 aromatic carbocycles. The average molecular weight is 642 g/mol. The Morgan fingerprint density at radius 1 is 1.13 bits per heavy atom. The number of aryl methyl sites for hydroxylation is 1. The Morgan fingerprint density at radius 2 is 1.94 bits per heavy atom. The minimum absolute atomic E-state index is 0.0102. The van der Waals surface area contributed by atoms with Crippen LogP contribution in [-0.2, 0) is 4.74 Å². The number of carbonyl (C=O) groups is 1. The molecular weight excluding hydrogens is 605 g/mol. The zero-order chi connectivity index (χ0) is 32.3. The summed E-state index contributed by atoms with van der Waals surface area (Å²) in [5, 5.41) is 22.7. The molecule has 3 fully saturated rings. The molecule has 14 nitrogen and oxygen atoms in total. The second-order valence-corrected chi connectivity index (χ2v) is 12.0. The van der Waals surface area contributed by atoms with Gasteiger partial charge in [-0.3, -0.25) is 14.8 Å². The molecule has 1 unspecified atom stereocenters. The Balaban J connectivity index is 0.949. The van der Waals surface area contributed by atoms with Gasteiger partial charge in [0, 0.05) is 50.5 Å². The third kappa shape index (κ3) is 6.74. The molecule has 3 atom stereocenters. The zero-order valence-corrected chi connectivity index (χ0v) is 26.0. The normalized spacial score (nSPS) is 23.3. The molecular formula is C32H36FN11O3. The number of nitrogens with zero attached hydrogens (tertiary/aromatic N) is 8. The minimum Gasteiger partial charge on any atom is -0.486 e. The summed E-state index contributed by atoms with van der Waals surface area (Å²) in [5.41, 5.74) is 3.00. The second-order valence-electron chi connectivity index (χ2n) is 12.0. The Morgan fingerprint density at radius 3 is 2.62 bits per heavy atom. The molecule has 5 heterocycles. The van der Waals surface area contributed by atoms with Crippen LogP contribution >= 0.6 is 0 Å². The quantitative estimate of drug-likeness (QED) is 0.349. The summed E-state index contributed by atoms with van der Waals surface area (Å²) in [6.45, 7) is 7.57. The molecule has 3 aromatic rings. The highest BCUT2D eigenvalue weighted by Gasteiger charge is 2.35. The number of piperidine rings is 1. The smallest absolute Gasteiger partial charge is 0.293 e. The first-order valence-corrected chi connectivity index (χ1v) is 15.8. The first kappa shape index (κ1) is 30.6. The number of alkyl halides is 1. The van der Waals surface area contributed by atoms with Crippen LogP contribution in [0.5, 0.6) is 5.75 Å². The van der Waals surface area contributed by atoms with E-state index >= 15 is 4.39 Å². The van der Waals surface area contributed by atoms with E-state index in [9.17, 15) is 10.1 Å². The van der Waals surface area contributed by atoms with E-state index in [0.717, 1.165) is 45.1 Å². The Bertz CT molecular complexity index is 1690. The van der Waals surface area contributed by atoms with Gasteiger partial charge in [0.2, 0.25) is 11.8 Å². The fourth-order valence-corrected chi connectivity index (χ4v) is 6.10. The van der Waals surface area contributed by atoms with Crippen molar-refractivity contribution < 1.29 is 18.7 Å². The van der Waals surface area contributed by atoms with Crippen LogP contribution in [0.1, 0.15) is 40.2 Å². The molecule has 0 aliphatic carbocycles. The van der Waals surface area contributed by atoms with Gasteiger partial charge in [0.05, 0.1) is 37.7 Å². The monoisotopic (exact) mass is 641 g/mol.